The lowest BCUT2D eigenvalue weighted by Crippen LogP contribution is -2.36. The maximum atomic E-state index is 5.44. The highest BCUT2D eigenvalue weighted by molar-refractivity contribution is 6.65. The third kappa shape index (κ3) is 3.66. The summed E-state index contributed by atoms with van der Waals surface area (Å²) >= 11 is 0. The van der Waals surface area contributed by atoms with Gasteiger partial charge in [-0.25, -0.2) is 0 Å². The minimum absolute atomic E-state index is 0.0352. The molecule has 2 unspecified atom stereocenters. The van der Waals surface area contributed by atoms with Gasteiger partial charge in [0.2, 0.25) is 0 Å². The van der Waals surface area contributed by atoms with Crippen molar-refractivity contribution < 1.29 is 18.3 Å². The van der Waals surface area contributed by atoms with E-state index in [4.69, 9.17) is 18.3 Å². The molecule has 1 saturated heterocycles. The van der Waals surface area contributed by atoms with Gasteiger partial charge < -0.3 is 18.3 Å². The fourth-order valence-electron chi connectivity index (χ4n) is 1.22. The topological polar surface area (TPSA) is 40.2 Å². The average Bonchev–Trinajstić information content (AvgIpc) is 2.89. The number of epoxide rings is 1. The molecule has 0 aliphatic carbocycles. The quantitative estimate of drug-likeness (QED) is 0.370. The second kappa shape index (κ2) is 5.23. The van der Waals surface area contributed by atoms with Gasteiger partial charge in [0, 0.05) is 20.8 Å². The third-order valence-electron chi connectivity index (χ3n) is 2.58. The molecule has 0 bridgehead atoms. The summed E-state index contributed by atoms with van der Waals surface area (Å²) < 4.78 is 21.3. The normalized spacial score (nSPS) is 26.6. The monoisotopic (exact) mass is 220 g/mol. The van der Waals surface area contributed by atoms with E-state index >= 15 is 0 Å². The van der Waals surface area contributed by atoms with Gasteiger partial charge in [0.05, 0.1) is 0 Å². The van der Waals surface area contributed by atoms with Crippen molar-refractivity contribution in [2.24, 2.45) is 0 Å². The van der Waals surface area contributed by atoms with E-state index in [-0.39, 0.29) is 12.4 Å². The van der Waals surface area contributed by atoms with Crippen molar-refractivity contribution in [3.8, 4) is 0 Å². The maximum absolute atomic E-state index is 5.44. The zero-order valence-corrected chi connectivity index (χ0v) is 10.4. The SMILES string of the molecule is CO[Si](C)(CCCOC1OC1C)OC. The van der Waals surface area contributed by atoms with Crippen LogP contribution >= 0.6 is 0 Å². The third-order valence-corrected chi connectivity index (χ3v) is 5.57. The van der Waals surface area contributed by atoms with Gasteiger partial charge in [0.25, 0.3) is 0 Å². The predicted octanol–water partition coefficient (Wildman–Crippen LogP) is 1.50. The minimum Gasteiger partial charge on any atom is -0.398 e. The summed E-state index contributed by atoms with van der Waals surface area (Å²) in [5, 5.41) is 0. The van der Waals surface area contributed by atoms with E-state index in [0.29, 0.717) is 0 Å². The van der Waals surface area contributed by atoms with Crippen molar-refractivity contribution in [2.75, 3.05) is 20.8 Å². The van der Waals surface area contributed by atoms with Crippen LogP contribution in [0.3, 0.4) is 0 Å². The zero-order valence-electron chi connectivity index (χ0n) is 9.41. The van der Waals surface area contributed by atoms with Crippen molar-refractivity contribution >= 4 is 8.56 Å². The van der Waals surface area contributed by atoms with Gasteiger partial charge in [-0.05, 0) is 25.9 Å². The van der Waals surface area contributed by atoms with E-state index in [1.165, 1.54) is 0 Å². The molecular formula is C9H20O4Si. The summed E-state index contributed by atoms with van der Waals surface area (Å²) in [7, 11) is 1.54. The summed E-state index contributed by atoms with van der Waals surface area (Å²) in [6, 6.07) is 0.959. The van der Waals surface area contributed by atoms with E-state index in [1.807, 2.05) is 6.92 Å². The average molecular weight is 220 g/mol. The molecule has 1 heterocycles. The first-order chi connectivity index (χ1) is 6.61. The van der Waals surface area contributed by atoms with Gasteiger partial charge in [-0.15, -0.1) is 0 Å². The van der Waals surface area contributed by atoms with Gasteiger partial charge >= 0.3 is 8.56 Å². The van der Waals surface area contributed by atoms with Crippen LogP contribution in [0.2, 0.25) is 12.6 Å². The number of rotatable bonds is 7. The molecule has 5 heteroatoms. The molecule has 0 aromatic rings. The Bertz CT molecular complexity index is 172. The van der Waals surface area contributed by atoms with Crippen LogP contribution in [0.1, 0.15) is 13.3 Å². The summed E-state index contributed by atoms with van der Waals surface area (Å²) in [5.41, 5.74) is 0. The van der Waals surface area contributed by atoms with Crippen LogP contribution in [0.15, 0.2) is 0 Å². The summed E-state index contributed by atoms with van der Waals surface area (Å²) in [4.78, 5) is 0. The standard InChI is InChI=1S/C9H20O4Si/c1-8-9(13-8)12-6-5-7-14(4,10-2)11-3/h8-9H,5-7H2,1-4H3. The molecule has 4 nitrogen and oxygen atoms in total. The second-order valence-electron chi connectivity index (χ2n) is 3.73. The van der Waals surface area contributed by atoms with Crippen molar-refractivity contribution in [3.63, 3.8) is 0 Å². The molecule has 84 valence electrons. The fourth-order valence-corrected chi connectivity index (χ4v) is 2.58. The van der Waals surface area contributed by atoms with E-state index in [2.05, 4.69) is 6.55 Å². The lowest BCUT2D eigenvalue weighted by atomic mass is 10.5. The van der Waals surface area contributed by atoms with E-state index in [9.17, 15) is 0 Å². The van der Waals surface area contributed by atoms with Crippen molar-refractivity contribution in [1.82, 2.24) is 0 Å². The molecular weight excluding hydrogens is 200 g/mol. The summed E-state index contributed by atoms with van der Waals surface area (Å²) in [6.45, 7) is 4.79. The molecule has 0 amide bonds. The van der Waals surface area contributed by atoms with E-state index in [0.717, 1.165) is 19.1 Å². The van der Waals surface area contributed by atoms with Gasteiger partial charge in [-0.2, -0.15) is 0 Å². The van der Waals surface area contributed by atoms with Gasteiger partial charge in [-0.3, -0.25) is 0 Å². The van der Waals surface area contributed by atoms with Gasteiger partial charge in [-0.1, -0.05) is 0 Å². The Hall–Kier alpha value is 0.0569. The Morgan fingerprint density at radius 2 is 1.86 bits per heavy atom. The highest BCUT2D eigenvalue weighted by Crippen LogP contribution is 2.22. The number of hydrogen-bond acceptors (Lipinski definition) is 4. The van der Waals surface area contributed by atoms with Crippen LogP contribution < -0.4 is 0 Å². The van der Waals surface area contributed by atoms with Crippen molar-refractivity contribution in [1.29, 1.82) is 0 Å². The van der Waals surface area contributed by atoms with Crippen LogP contribution in [0.4, 0.5) is 0 Å². The second-order valence-corrected chi connectivity index (χ2v) is 7.31. The van der Waals surface area contributed by atoms with Crippen LogP contribution in [0.25, 0.3) is 0 Å². The number of hydrogen-bond donors (Lipinski definition) is 0. The lowest BCUT2D eigenvalue weighted by Gasteiger charge is -2.22. The minimum atomic E-state index is -1.89. The Labute approximate surface area is 86.7 Å². The molecule has 1 rings (SSSR count). The number of ether oxygens (including phenoxy) is 2. The van der Waals surface area contributed by atoms with Gasteiger partial charge in [0.1, 0.15) is 6.10 Å². The smallest absolute Gasteiger partial charge is 0.334 e. The van der Waals surface area contributed by atoms with Crippen LogP contribution in [0, 0.1) is 0 Å². The predicted molar refractivity (Wildman–Crippen MR) is 55.3 cm³/mol. The Kier molecular flexibility index (Phi) is 4.53. The molecule has 14 heavy (non-hydrogen) atoms. The molecule has 0 saturated carbocycles. The molecule has 1 aliphatic rings. The van der Waals surface area contributed by atoms with Crippen LogP contribution in [-0.4, -0.2) is 41.8 Å². The van der Waals surface area contributed by atoms with Crippen molar-refractivity contribution in [2.45, 2.75) is 38.3 Å². The highest BCUT2D eigenvalue weighted by Gasteiger charge is 2.35. The zero-order chi connectivity index (χ0) is 10.6. The first kappa shape index (κ1) is 12.1. The maximum Gasteiger partial charge on any atom is 0.334 e. The van der Waals surface area contributed by atoms with Gasteiger partial charge in [0.15, 0.2) is 6.29 Å². The van der Waals surface area contributed by atoms with E-state index < -0.39 is 8.56 Å². The summed E-state index contributed by atoms with van der Waals surface area (Å²) in [5.74, 6) is 0. The first-order valence-corrected chi connectivity index (χ1v) is 7.51. The van der Waals surface area contributed by atoms with E-state index in [1.54, 1.807) is 14.2 Å². The molecule has 1 aliphatic heterocycles. The summed E-state index contributed by atoms with van der Waals surface area (Å²) in [6.07, 6.45) is 1.29. The Morgan fingerprint density at radius 1 is 1.29 bits per heavy atom. The Balaban J connectivity index is 2.02. The largest absolute Gasteiger partial charge is 0.398 e. The molecule has 0 radical (unpaired) electrons. The highest BCUT2D eigenvalue weighted by atomic mass is 28.4. The van der Waals surface area contributed by atoms with Crippen LogP contribution in [-0.2, 0) is 18.3 Å². The van der Waals surface area contributed by atoms with Crippen molar-refractivity contribution in [3.05, 3.63) is 0 Å². The molecule has 1 fully saturated rings. The molecule has 2 atom stereocenters. The molecule has 0 aromatic carbocycles. The first-order valence-electron chi connectivity index (χ1n) is 4.98. The Morgan fingerprint density at radius 3 is 2.29 bits per heavy atom. The molecule has 0 N–H and O–H groups in total. The molecule has 0 spiro atoms. The lowest BCUT2D eigenvalue weighted by molar-refractivity contribution is 0.0495. The molecule has 0 aromatic heterocycles. The van der Waals surface area contributed by atoms with Crippen LogP contribution in [0.5, 0.6) is 0 Å². The fraction of sp³-hybridized carbons (Fsp3) is 1.00.